The molecule has 0 radical (unpaired) electrons. The number of nitrogens with two attached hydrogens (primary N) is 1. The summed E-state index contributed by atoms with van der Waals surface area (Å²) in [5, 5.41) is 0. The molecule has 0 saturated carbocycles. The second kappa shape index (κ2) is 5.32. The lowest BCUT2D eigenvalue weighted by Gasteiger charge is -2.09. The number of aryl methyl sites for hydroxylation is 1. The fourth-order valence-electron chi connectivity index (χ4n) is 2.16. The number of anilines is 1. The minimum Gasteiger partial charge on any atom is -0.399 e. The zero-order chi connectivity index (χ0) is 12.3. The van der Waals surface area contributed by atoms with Crippen molar-refractivity contribution in [1.82, 2.24) is 0 Å². The number of rotatable bonds is 4. The van der Waals surface area contributed by atoms with Gasteiger partial charge < -0.3 is 10.5 Å². The molecule has 1 saturated heterocycles. The van der Waals surface area contributed by atoms with Crippen molar-refractivity contribution in [3.8, 4) is 0 Å². The second-order valence-electron chi connectivity index (χ2n) is 4.67. The molecule has 1 fully saturated rings. The van der Waals surface area contributed by atoms with Crippen LogP contribution in [0.1, 0.15) is 41.6 Å². The molecule has 0 spiro atoms. The summed E-state index contributed by atoms with van der Waals surface area (Å²) < 4.78 is 5.51. The van der Waals surface area contributed by atoms with Crippen LogP contribution in [0.2, 0.25) is 0 Å². The molecule has 0 aromatic heterocycles. The molecule has 1 atom stereocenters. The highest BCUT2D eigenvalue weighted by molar-refractivity contribution is 5.96. The molecule has 1 aromatic rings. The van der Waals surface area contributed by atoms with Crippen LogP contribution in [-0.4, -0.2) is 18.5 Å². The first-order chi connectivity index (χ1) is 8.16. The Kier molecular flexibility index (Phi) is 3.79. The van der Waals surface area contributed by atoms with E-state index in [0.29, 0.717) is 6.42 Å². The van der Waals surface area contributed by atoms with Gasteiger partial charge in [-0.15, -0.1) is 0 Å². The van der Waals surface area contributed by atoms with Crippen molar-refractivity contribution in [3.63, 3.8) is 0 Å². The van der Waals surface area contributed by atoms with E-state index in [4.69, 9.17) is 10.5 Å². The van der Waals surface area contributed by atoms with Crippen LogP contribution in [0.5, 0.6) is 0 Å². The van der Waals surface area contributed by atoms with Gasteiger partial charge in [0.2, 0.25) is 0 Å². The van der Waals surface area contributed by atoms with E-state index in [0.717, 1.165) is 42.7 Å². The monoisotopic (exact) mass is 233 g/mol. The Hall–Kier alpha value is -1.35. The summed E-state index contributed by atoms with van der Waals surface area (Å²) in [5.41, 5.74) is 8.19. The van der Waals surface area contributed by atoms with Gasteiger partial charge in [0.25, 0.3) is 0 Å². The first-order valence-corrected chi connectivity index (χ1v) is 6.18. The summed E-state index contributed by atoms with van der Waals surface area (Å²) in [4.78, 5) is 12.0. The highest BCUT2D eigenvalue weighted by atomic mass is 16.5. The summed E-state index contributed by atoms with van der Waals surface area (Å²) >= 11 is 0. The largest absolute Gasteiger partial charge is 0.399 e. The average molecular weight is 233 g/mol. The molecule has 17 heavy (non-hydrogen) atoms. The molecule has 92 valence electrons. The Morgan fingerprint density at radius 1 is 1.53 bits per heavy atom. The molecule has 1 unspecified atom stereocenters. The van der Waals surface area contributed by atoms with Gasteiger partial charge in [0.05, 0.1) is 6.10 Å². The van der Waals surface area contributed by atoms with Gasteiger partial charge in [0.1, 0.15) is 0 Å². The van der Waals surface area contributed by atoms with E-state index in [1.807, 2.05) is 13.0 Å². The number of benzene rings is 1. The third kappa shape index (κ3) is 3.07. The molecule has 1 aromatic carbocycles. The fourth-order valence-corrected chi connectivity index (χ4v) is 2.16. The van der Waals surface area contributed by atoms with Crippen molar-refractivity contribution >= 4 is 11.5 Å². The van der Waals surface area contributed by atoms with Crippen LogP contribution in [0.25, 0.3) is 0 Å². The van der Waals surface area contributed by atoms with Crippen LogP contribution in [0.4, 0.5) is 5.69 Å². The normalized spacial score (nSPS) is 19.5. The van der Waals surface area contributed by atoms with Crippen LogP contribution in [0, 0.1) is 6.92 Å². The molecule has 1 aliphatic heterocycles. The second-order valence-corrected chi connectivity index (χ2v) is 4.67. The summed E-state index contributed by atoms with van der Waals surface area (Å²) in [5.74, 6) is 0.184. The number of hydrogen-bond donors (Lipinski definition) is 1. The van der Waals surface area contributed by atoms with Crippen LogP contribution < -0.4 is 5.73 Å². The van der Waals surface area contributed by atoms with Crippen LogP contribution in [0.15, 0.2) is 18.2 Å². The molecule has 3 heteroatoms. The van der Waals surface area contributed by atoms with Crippen molar-refractivity contribution in [1.29, 1.82) is 0 Å². The number of ketones is 1. The van der Waals surface area contributed by atoms with Crippen molar-refractivity contribution in [3.05, 3.63) is 29.3 Å². The van der Waals surface area contributed by atoms with E-state index in [2.05, 4.69) is 0 Å². The van der Waals surface area contributed by atoms with Gasteiger partial charge in [-0.1, -0.05) is 0 Å². The lowest BCUT2D eigenvalue weighted by Crippen LogP contribution is -2.09. The Balaban J connectivity index is 1.92. The van der Waals surface area contributed by atoms with E-state index in [1.54, 1.807) is 12.1 Å². The first-order valence-electron chi connectivity index (χ1n) is 6.18. The third-order valence-electron chi connectivity index (χ3n) is 3.31. The minimum atomic E-state index is 0.184. The summed E-state index contributed by atoms with van der Waals surface area (Å²) in [6.07, 6.45) is 3.90. The summed E-state index contributed by atoms with van der Waals surface area (Å²) in [7, 11) is 0. The van der Waals surface area contributed by atoms with Gasteiger partial charge >= 0.3 is 0 Å². The molecule has 3 nitrogen and oxygen atoms in total. The van der Waals surface area contributed by atoms with Crippen LogP contribution in [-0.2, 0) is 4.74 Å². The SMILES string of the molecule is Cc1cc(C(=O)CCC2CCCO2)ccc1N. The third-order valence-corrected chi connectivity index (χ3v) is 3.31. The minimum absolute atomic E-state index is 0.184. The topological polar surface area (TPSA) is 52.3 Å². The van der Waals surface area contributed by atoms with E-state index in [-0.39, 0.29) is 11.9 Å². The van der Waals surface area contributed by atoms with Gasteiger partial charge in [-0.3, -0.25) is 4.79 Å². The van der Waals surface area contributed by atoms with Crippen LogP contribution >= 0.6 is 0 Å². The smallest absolute Gasteiger partial charge is 0.162 e. The number of Topliss-reactive ketones (excluding diaryl/α,β-unsaturated/α-hetero) is 1. The molecule has 2 N–H and O–H groups in total. The molecule has 0 bridgehead atoms. The van der Waals surface area contributed by atoms with E-state index < -0.39 is 0 Å². The van der Waals surface area contributed by atoms with Gasteiger partial charge in [0.15, 0.2) is 5.78 Å². The lowest BCUT2D eigenvalue weighted by atomic mass is 10.0. The van der Waals surface area contributed by atoms with Crippen molar-refractivity contribution in [2.45, 2.75) is 38.7 Å². The van der Waals surface area contributed by atoms with Crippen molar-refractivity contribution in [2.24, 2.45) is 0 Å². The Labute approximate surface area is 102 Å². The van der Waals surface area contributed by atoms with Gasteiger partial charge in [-0.2, -0.15) is 0 Å². The van der Waals surface area contributed by atoms with Crippen molar-refractivity contribution in [2.75, 3.05) is 12.3 Å². The molecule has 1 heterocycles. The maximum absolute atomic E-state index is 12.0. The summed E-state index contributed by atoms with van der Waals surface area (Å²) in [6.45, 7) is 2.77. The van der Waals surface area contributed by atoms with Gasteiger partial charge in [-0.25, -0.2) is 0 Å². The maximum atomic E-state index is 12.0. The Morgan fingerprint density at radius 2 is 2.35 bits per heavy atom. The highest BCUT2D eigenvalue weighted by Crippen LogP contribution is 2.19. The number of nitrogen functional groups attached to an aromatic ring is 1. The molecule has 1 aliphatic rings. The zero-order valence-electron chi connectivity index (χ0n) is 10.2. The lowest BCUT2D eigenvalue weighted by molar-refractivity contribution is 0.0859. The molecule has 2 rings (SSSR count). The molecule has 0 aliphatic carbocycles. The van der Waals surface area contributed by atoms with Gasteiger partial charge in [-0.05, 0) is 49.9 Å². The van der Waals surface area contributed by atoms with E-state index >= 15 is 0 Å². The average Bonchev–Trinajstić information content (AvgIpc) is 2.82. The Morgan fingerprint density at radius 3 is 3.00 bits per heavy atom. The number of hydrogen-bond acceptors (Lipinski definition) is 3. The zero-order valence-corrected chi connectivity index (χ0v) is 10.2. The van der Waals surface area contributed by atoms with Crippen LogP contribution in [0.3, 0.4) is 0 Å². The van der Waals surface area contributed by atoms with Crippen molar-refractivity contribution < 1.29 is 9.53 Å². The molecule has 0 amide bonds. The van der Waals surface area contributed by atoms with Gasteiger partial charge in [0, 0.05) is 24.3 Å². The van der Waals surface area contributed by atoms with E-state index in [9.17, 15) is 4.79 Å². The maximum Gasteiger partial charge on any atom is 0.162 e. The molecular weight excluding hydrogens is 214 g/mol. The first kappa shape index (κ1) is 12.1. The predicted molar refractivity (Wildman–Crippen MR) is 68.1 cm³/mol. The quantitative estimate of drug-likeness (QED) is 0.642. The summed E-state index contributed by atoms with van der Waals surface area (Å²) in [6, 6.07) is 5.47. The predicted octanol–water partition coefficient (Wildman–Crippen LogP) is 2.72. The highest BCUT2D eigenvalue weighted by Gasteiger charge is 2.17. The molecular formula is C14H19NO2. The number of ether oxygens (including phenoxy) is 1. The number of carbonyl (C=O) groups excluding carboxylic acids is 1. The number of carbonyl (C=O) groups is 1. The van der Waals surface area contributed by atoms with E-state index in [1.165, 1.54) is 0 Å². The Bertz CT molecular complexity index is 409. The standard InChI is InChI=1S/C14H19NO2/c1-10-9-11(4-6-13(10)15)14(16)7-5-12-3-2-8-17-12/h4,6,9,12H,2-3,5,7-8,15H2,1H3. The fraction of sp³-hybridized carbons (Fsp3) is 0.500.